The van der Waals surface area contributed by atoms with Gasteiger partial charge >= 0.3 is 0 Å². The molecule has 0 saturated carbocycles. The van der Waals surface area contributed by atoms with Crippen LogP contribution in [0.4, 0.5) is 0 Å². The van der Waals surface area contributed by atoms with Crippen LogP contribution in [0.5, 0.6) is 5.75 Å². The summed E-state index contributed by atoms with van der Waals surface area (Å²) >= 11 is 9.91. The predicted molar refractivity (Wildman–Crippen MR) is 68.7 cm³/mol. The van der Waals surface area contributed by atoms with Gasteiger partial charge in [0, 0.05) is 4.47 Å². The van der Waals surface area contributed by atoms with Gasteiger partial charge in [-0.1, -0.05) is 42.3 Å². The topological polar surface area (TPSA) is 9.23 Å². The van der Waals surface area contributed by atoms with Crippen molar-refractivity contribution in [3.8, 4) is 5.75 Å². The number of rotatable bonds is 4. The minimum absolute atomic E-state index is 0.0512. The summed E-state index contributed by atoms with van der Waals surface area (Å²) in [4.78, 5) is 0. The highest BCUT2D eigenvalue weighted by atomic mass is 79.9. The lowest BCUT2D eigenvalue weighted by Crippen LogP contribution is -2.03. The van der Waals surface area contributed by atoms with E-state index >= 15 is 0 Å². The highest BCUT2D eigenvalue weighted by molar-refractivity contribution is 9.10. The molecule has 1 aromatic carbocycles. The Morgan fingerprint density at radius 1 is 1.47 bits per heavy atom. The first-order valence-corrected chi connectivity index (χ1v) is 6.30. The second-order valence-corrected chi connectivity index (χ2v) is 5.00. The van der Waals surface area contributed by atoms with Crippen molar-refractivity contribution in [3.63, 3.8) is 0 Å². The van der Waals surface area contributed by atoms with Gasteiger partial charge in [-0.05, 0) is 23.6 Å². The summed E-state index contributed by atoms with van der Waals surface area (Å²) in [5.41, 5.74) is 1.13. The highest BCUT2D eigenvalue weighted by Crippen LogP contribution is 2.36. The zero-order valence-corrected chi connectivity index (χ0v) is 11.6. The lowest BCUT2D eigenvalue weighted by molar-refractivity contribution is 0.414. The number of benzene rings is 1. The maximum absolute atomic E-state index is 6.39. The Morgan fingerprint density at radius 2 is 2.13 bits per heavy atom. The summed E-state index contributed by atoms with van der Waals surface area (Å²) in [6, 6.07) is 5.91. The minimum Gasteiger partial charge on any atom is -0.497 e. The SMILES string of the molecule is CCC(C)C(Cl)c1ccc(OC)cc1Br. The largest absolute Gasteiger partial charge is 0.497 e. The number of hydrogen-bond acceptors (Lipinski definition) is 1. The van der Waals surface area contributed by atoms with Gasteiger partial charge in [0.25, 0.3) is 0 Å². The molecule has 0 bridgehead atoms. The third-order valence-corrected chi connectivity index (χ3v) is 4.00. The molecule has 3 heteroatoms. The van der Waals surface area contributed by atoms with Crippen LogP contribution >= 0.6 is 27.5 Å². The number of hydrogen-bond donors (Lipinski definition) is 0. The van der Waals surface area contributed by atoms with Gasteiger partial charge in [-0.25, -0.2) is 0 Å². The fraction of sp³-hybridized carbons (Fsp3) is 0.500. The number of halogens is 2. The van der Waals surface area contributed by atoms with Crippen LogP contribution in [-0.4, -0.2) is 7.11 Å². The smallest absolute Gasteiger partial charge is 0.120 e. The zero-order valence-electron chi connectivity index (χ0n) is 9.26. The van der Waals surface area contributed by atoms with Crippen LogP contribution in [0.2, 0.25) is 0 Å². The molecule has 1 rings (SSSR count). The van der Waals surface area contributed by atoms with E-state index in [2.05, 4.69) is 29.8 Å². The van der Waals surface area contributed by atoms with Crippen LogP contribution in [-0.2, 0) is 0 Å². The summed E-state index contributed by atoms with van der Waals surface area (Å²) in [5, 5.41) is 0.0512. The lowest BCUT2D eigenvalue weighted by Gasteiger charge is -2.18. The first kappa shape index (κ1) is 12.9. The van der Waals surface area contributed by atoms with E-state index in [9.17, 15) is 0 Å². The van der Waals surface area contributed by atoms with Crippen LogP contribution in [0.1, 0.15) is 31.2 Å². The van der Waals surface area contributed by atoms with Gasteiger partial charge in [0.1, 0.15) is 5.75 Å². The monoisotopic (exact) mass is 290 g/mol. The van der Waals surface area contributed by atoms with Crippen molar-refractivity contribution in [2.75, 3.05) is 7.11 Å². The van der Waals surface area contributed by atoms with Gasteiger partial charge in [-0.15, -0.1) is 11.6 Å². The molecule has 0 radical (unpaired) electrons. The van der Waals surface area contributed by atoms with Gasteiger partial charge < -0.3 is 4.74 Å². The Balaban J connectivity index is 2.95. The Bertz CT molecular complexity index is 327. The number of methoxy groups -OCH3 is 1. The molecular weight excluding hydrogens is 275 g/mol. The molecule has 0 aliphatic heterocycles. The van der Waals surface area contributed by atoms with Crippen molar-refractivity contribution >= 4 is 27.5 Å². The molecule has 1 nitrogen and oxygen atoms in total. The van der Waals surface area contributed by atoms with Crippen LogP contribution in [0.3, 0.4) is 0 Å². The summed E-state index contributed by atoms with van der Waals surface area (Å²) in [5.74, 6) is 1.31. The van der Waals surface area contributed by atoms with Gasteiger partial charge in [-0.2, -0.15) is 0 Å². The van der Waals surface area contributed by atoms with Crippen molar-refractivity contribution in [1.29, 1.82) is 0 Å². The lowest BCUT2D eigenvalue weighted by atomic mass is 9.98. The van der Waals surface area contributed by atoms with Crippen molar-refractivity contribution in [2.45, 2.75) is 25.6 Å². The summed E-state index contributed by atoms with van der Waals surface area (Å²) in [6.07, 6.45) is 1.08. The number of ether oxygens (including phenoxy) is 1. The molecule has 0 saturated heterocycles. The molecule has 1 aromatic rings. The molecule has 0 aliphatic rings. The van der Waals surface area contributed by atoms with E-state index < -0.39 is 0 Å². The normalized spacial score (nSPS) is 14.7. The third-order valence-electron chi connectivity index (χ3n) is 2.65. The van der Waals surface area contributed by atoms with Gasteiger partial charge in [-0.3, -0.25) is 0 Å². The van der Waals surface area contributed by atoms with Crippen LogP contribution in [0, 0.1) is 5.92 Å². The van der Waals surface area contributed by atoms with E-state index in [1.54, 1.807) is 7.11 Å². The molecule has 0 aromatic heterocycles. The first-order valence-electron chi connectivity index (χ1n) is 5.07. The summed E-state index contributed by atoms with van der Waals surface area (Å²) in [6.45, 7) is 4.31. The standard InChI is InChI=1S/C12H16BrClO/c1-4-8(2)12(14)10-6-5-9(15-3)7-11(10)13/h5-8,12H,4H2,1-3H3. The first-order chi connectivity index (χ1) is 7.10. The molecular formula is C12H16BrClO. The zero-order chi connectivity index (χ0) is 11.4. The van der Waals surface area contributed by atoms with E-state index in [0.717, 1.165) is 22.2 Å². The number of alkyl halides is 1. The molecule has 0 heterocycles. The Kier molecular flexibility index (Phi) is 4.94. The molecule has 0 aliphatic carbocycles. The van der Waals surface area contributed by atoms with Crippen molar-refractivity contribution in [3.05, 3.63) is 28.2 Å². The summed E-state index contributed by atoms with van der Waals surface area (Å²) in [7, 11) is 1.66. The fourth-order valence-corrected chi connectivity index (χ4v) is 2.48. The Hall–Kier alpha value is -0.210. The molecule has 0 spiro atoms. The van der Waals surface area contributed by atoms with Gasteiger partial charge in [0.15, 0.2) is 0 Å². The van der Waals surface area contributed by atoms with Gasteiger partial charge in [0.2, 0.25) is 0 Å². The minimum atomic E-state index is 0.0512. The maximum atomic E-state index is 6.39. The molecule has 15 heavy (non-hydrogen) atoms. The second kappa shape index (κ2) is 5.76. The highest BCUT2D eigenvalue weighted by Gasteiger charge is 2.17. The quantitative estimate of drug-likeness (QED) is 0.725. The molecule has 0 fully saturated rings. The average Bonchev–Trinajstić information content (AvgIpc) is 2.26. The molecule has 0 N–H and O–H groups in total. The summed E-state index contributed by atoms with van der Waals surface area (Å²) < 4.78 is 6.16. The van der Waals surface area contributed by atoms with Crippen LogP contribution in [0.25, 0.3) is 0 Å². The van der Waals surface area contributed by atoms with E-state index in [-0.39, 0.29) is 5.38 Å². The fourth-order valence-electron chi connectivity index (χ4n) is 1.37. The average molecular weight is 292 g/mol. The molecule has 2 atom stereocenters. The van der Waals surface area contributed by atoms with Crippen molar-refractivity contribution < 1.29 is 4.74 Å². The molecule has 84 valence electrons. The predicted octanol–water partition coefficient (Wildman–Crippen LogP) is 4.78. The van der Waals surface area contributed by atoms with E-state index in [0.29, 0.717) is 5.92 Å². The van der Waals surface area contributed by atoms with Crippen LogP contribution in [0.15, 0.2) is 22.7 Å². The van der Waals surface area contributed by atoms with Crippen molar-refractivity contribution in [2.24, 2.45) is 5.92 Å². The van der Waals surface area contributed by atoms with E-state index in [1.807, 2.05) is 18.2 Å². The Labute approximate surface area is 105 Å². The second-order valence-electron chi connectivity index (χ2n) is 3.67. The van der Waals surface area contributed by atoms with Crippen molar-refractivity contribution in [1.82, 2.24) is 0 Å². The third kappa shape index (κ3) is 3.12. The maximum Gasteiger partial charge on any atom is 0.120 e. The molecule has 0 amide bonds. The molecule has 2 unspecified atom stereocenters. The van der Waals surface area contributed by atoms with Gasteiger partial charge in [0.05, 0.1) is 12.5 Å². The van der Waals surface area contributed by atoms with E-state index in [4.69, 9.17) is 16.3 Å². The van der Waals surface area contributed by atoms with Crippen LogP contribution < -0.4 is 4.74 Å². The van der Waals surface area contributed by atoms with E-state index in [1.165, 1.54) is 0 Å². The Morgan fingerprint density at radius 3 is 2.60 bits per heavy atom.